The minimum absolute atomic E-state index is 0.0668. The molecule has 0 aromatic carbocycles. The van der Waals surface area contributed by atoms with Crippen LogP contribution in [-0.4, -0.2) is 53.1 Å². The summed E-state index contributed by atoms with van der Waals surface area (Å²) < 4.78 is 2.01. The molecule has 6 nitrogen and oxygen atoms in total. The van der Waals surface area contributed by atoms with Gasteiger partial charge in [0.15, 0.2) is 0 Å². The van der Waals surface area contributed by atoms with Crippen LogP contribution in [0.25, 0.3) is 0 Å². The fourth-order valence-electron chi connectivity index (χ4n) is 2.71. The maximum absolute atomic E-state index is 12.0. The quantitative estimate of drug-likeness (QED) is 0.831. The van der Waals surface area contributed by atoms with Gasteiger partial charge in [-0.25, -0.2) is 4.98 Å². The molecule has 2 aliphatic rings. The Balaban J connectivity index is 1.50. The molecule has 1 aromatic rings. The van der Waals surface area contributed by atoms with Crippen LogP contribution in [0.3, 0.4) is 0 Å². The van der Waals surface area contributed by atoms with E-state index in [0.29, 0.717) is 12.2 Å². The summed E-state index contributed by atoms with van der Waals surface area (Å²) in [6, 6.07) is 0. The summed E-state index contributed by atoms with van der Waals surface area (Å²) in [6.07, 6.45) is 5.49. The normalized spacial score (nSPS) is 18.9. The van der Waals surface area contributed by atoms with E-state index in [1.165, 1.54) is 25.9 Å². The van der Waals surface area contributed by atoms with E-state index in [4.69, 9.17) is 0 Å². The first-order chi connectivity index (χ1) is 9.33. The first-order valence-electron chi connectivity index (χ1n) is 7.14. The smallest absolute Gasteiger partial charge is 0.271 e. The van der Waals surface area contributed by atoms with E-state index in [9.17, 15) is 4.79 Å². The largest absolute Gasteiger partial charge is 0.356 e. The molecule has 1 fully saturated rings. The molecule has 1 aromatic heterocycles. The molecule has 3 heterocycles. The zero-order valence-electron chi connectivity index (χ0n) is 11.2. The predicted molar refractivity (Wildman–Crippen MR) is 73.3 cm³/mol. The van der Waals surface area contributed by atoms with E-state index in [2.05, 4.69) is 20.5 Å². The zero-order valence-corrected chi connectivity index (χ0v) is 11.2. The van der Waals surface area contributed by atoms with Crippen LogP contribution >= 0.6 is 0 Å². The molecule has 1 saturated heterocycles. The van der Waals surface area contributed by atoms with Crippen molar-refractivity contribution in [2.24, 2.45) is 0 Å². The number of hydrogen-bond donors (Lipinski definition) is 2. The van der Waals surface area contributed by atoms with Gasteiger partial charge in [-0.1, -0.05) is 0 Å². The van der Waals surface area contributed by atoms with Crippen molar-refractivity contribution in [3.63, 3.8) is 0 Å². The lowest BCUT2D eigenvalue weighted by Crippen LogP contribution is -2.33. The third-order valence-corrected chi connectivity index (χ3v) is 3.78. The Labute approximate surface area is 113 Å². The third kappa shape index (κ3) is 2.89. The molecule has 0 saturated carbocycles. The summed E-state index contributed by atoms with van der Waals surface area (Å²) in [5.41, 5.74) is 0.519. The van der Waals surface area contributed by atoms with Crippen LogP contribution in [0.5, 0.6) is 0 Å². The molecule has 3 rings (SSSR count). The standard InChI is InChI=1S/C13H21N5O/c19-12(14-5-9-17-6-1-2-7-17)11-10-18-8-3-4-15-13(18)16-11/h10H,1-9H2,(H,14,19)(H,15,16). The van der Waals surface area contributed by atoms with Gasteiger partial charge in [0.1, 0.15) is 5.69 Å². The lowest BCUT2D eigenvalue weighted by atomic mass is 10.4. The number of fused-ring (bicyclic) bond motifs is 1. The molecule has 19 heavy (non-hydrogen) atoms. The van der Waals surface area contributed by atoms with Gasteiger partial charge in [-0.3, -0.25) is 4.79 Å². The summed E-state index contributed by atoms with van der Waals surface area (Å²) >= 11 is 0. The third-order valence-electron chi connectivity index (χ3n) is 3.78. The van der Waals surface area contributed by atoms with E-state index < -0.39 is 0 Å². The fraction of sp³-hybridized carbons (Fsp3) is 0.692. The van der Waals surface area contributed by atoms with E-state index >= 15 is 0 Å². The second kappa shape index (κ2) is 5.61. The highest BCUT2D eigenvalue weighted by Gasteiger charge is 2.16. The SMILES string of the molecule is O=C(NCCN1CCCC1)c1cn2c(n1)NCCC2. The molecule has 0 aliphatic carbocycles. The molecule has 0 radical (unpaired) electrons. The molecule has 0 bridgehead atoms. The lowest BCUT2D eigenvalue weighted by molar-refractivity contribution is 0.0945. The topological polar surface area (TPSA) is 62.2 Å². The van der Waals surface area contributed by atoms with Crippen LogP contribution in [0.1, 0.15) is 29.8 Å². The van der Waals surface area contributed by atoms with Gasteiger partial charge in [0.2, 0.25) is 5.95 Å². The minimum Gasteiger partial charge on any atom is -0.356 e. The highest BCUT2D eigenvalue weighted by atomic mass is 16.1. The second-order valence-electron chi connectivity index (χ2n) is 5.23. The van der Waals surface area contributed by atoms with Crippen LogP contribution in [0.15, 0.2) is 6.20 Å². The number of nitrogens with zero attached hydrogens (tertiary/aromatic N) is 3. The fourth-order valence-corrected chi connectivity index (χ4v) is 2.71. The molecule has 2 aliphatic heterocycles. The molecular weight excluding hydrogens is 242 g/mol. The van der Waals surface area contributed by atoms with Gasteiger partial charge in [0, 0.05) is 32.4 Å². The number of rotatable bonds is 4. The van der Waals surface area contributed by atoms with Gasteiger partial charge in [-0.05, 0) is 32.4 Å². The van der Waals surface area contributed by atoms with Gasteiger partial charge < -0.3 is 20.1 Å². The van der Waals surface area contributed by atoms with E-state index in [1.807, 2.05) is 10.8 Å². The molecule has 104 valence electrons. The Kier molecular flexibility index (Phi) is 3.68. The Bertz CT molecular complexity index is 426. The van der Waals surface area contributed by atoms with Gasteiger partial charge in [0.05, 0.1) is 0 Å². The van der Waals surface area contributed by atoms with E-state index in [1.54, 1.807) is 0 Å². The molecule has 0 unspecified atom stereocenters. The van der Waals surface area contributed by atoms with Crippen LogP contribution in [0.2, 0.25) is 0 Å². The van der Waals surface area contributed by atoms with Crippen molar-refractivity contribution in [3.05, 3.63) is 11.9 Å². The van der Waals surface area contributed by atoms with Crippen molar-refractivity contribution in [1.82, 2.24) is 19.8 Å². The predicted octanol–water partition coefficient (Wildman–Crippen LogP) is 0.524. The molecular formula is C13H21N5O. The Hall–Kier alpha value is -1.56. The number of amides is 1. The summed E-state index contributed by atoms with van der Waals surface area (Å²) in [6.45, 7) is 5.85. The van der Waals surface area contributed by atoms with Gasteiger partial charge in [-0.15, -0.1) is 0 Å². The first-order valence-corrected chi connectivity index (χ1v) is 7.14. The zero-order chi connectivity index (χ0) is 13.1. The highest BCUT2D eigenvalue weighted by molar-refractivity contribution is 5.92. The number of anilines is 1. The molecule has 2 N–H and O–H groups in total. The summed E-state index contributed by atoms with van der Waals surface area (Å²) in [4.78, 5) is 18.7. The number of nitrogens with one attached hydrogen (secondary N) is 2. The molecule has 0 atom stereocenters. The molecule has 1 amide bonds. The highest BCUT2D eigenvalue weighted by Crippen LogP contribution is 2.13. The minimum atomic E-state index is -0.0668. The van der Waals surface area contributed by atoms with Crippen molar-refractivity contribution in [2.45, 2.75) is 25.8 Å². The van der Waals surface area contributed by atoms with Crippen LogP contribution in [0, 0.1) is 0 Å². The van der Waals surface area contributed by atoms with Gasteiger partial charge in [0.25, 0.3) is 5.91 Å². The van der Waals surface area contributed by atoms with Gasteiger partial charge in [-0.2, -0.15) is 0 Å². The number of imidazole rings is 1. The van der Waals surface area contributed by atoms with Crippen molar-refractivity contribution in [1.29, 1.82) is 0 Å². The Morgan fingerprint density at radius 1 is 1.32 bits per heavy atom. The first kappa shape index (κ1) is 12.5. The number of aromatic nitrogens is 2. The lowest BCUT2D eigenvalue weighted by Gasteiger charge is -2.14. The Morgan fingerprint density at radius 3 is 2.95 bits per heavy atom. The Morgan fingerprint density at radius 2 is 2.16 bits per heavy atom. The maximum Gasteiger partial charge on any atom is 0.271 e. The van der Waals surface area contributed by atoms with Crippen molar-refractivity contribution >= 4 is 11.9 Å². The van der Waals surface area contributed by atoms with Crippen LogP contribution in [0.4, 0.5) is 5.95 Å². The maximum atomic E-state index is 12.0. The summed E-state index contributed by atoms with van der Waals surface area (Å²) in [5.74, 6) is 0.749. The van der Waals surface area contributed by atoms with Gasteiger partial charge >= 0.3 is 0 Å². The van der Waals surface area contributed by atoms with E-state index in [0.717, 1.165) is 32.0 Å². The van der Waals surface area contributed by atoms with Crippen LogP contribution in [-0.2, 0) is 6.54 Å². The average Bonchev–Trinajstić information content (AvgIpc) is 3.07. The number of likely N-dealkylation sites (tertiary alicyclic amines) is 1. The molecule has 6 heteroatoms. The van der Waals surface area contributed by atoms with E-state index in [-0.39, 0.29) is 5.91 Å². The number of carbonyl (C=O) groups excluding carboxylic acids is 1. The molecule has 0 spiro atoms. The van der Waals surface area contributed by atoms with Crippen molar-refractivity contribution in [3.8, 4) is 0 Å². The second-order valence-corrected chi connectivity index (χ2v) is 5.23. The summed E-state index contributed by atoms with van der Waals surface area (Å²) in [5, 5.41) is 6.15. The van der Waals surface area contributed by atoms with Crippen molar-refractivity contribution in [2.75, 3.05) is 38.0 Å². The van der Waals surface area contributed by atoms with Crippen molar-refractivity contribution < 1.29 is 4.79 Å². The monoisotopic (exact) mass is 263 g/mol. The average molecular weight is 263 g/mol. The number of aryl methyl sites for hydroxylation is 1. The number of hydrogen-bond acceptors (Lipinski definition) is 4. The van der Waals surface area contributed by atoms with Crippen LogP contribution < -0.4 is 10.6 Å². The number of carbonyl (C=O) groups is 1. The summed E-state index contributed by atoms with van der Waals surface area (Å²) in [7, 11) is 0.